The summed E-state index contributed by atoms with van der Waals surface area (Å²) in [6.45, 7) is 2.34. The fraction of sp³-hybridized carbons (Fsp3) is 0.130. The van der Waals surface area contributed by atoms with E-state index in [0.29, 0.717) is 29.0 Å². The number of aliphatic hydroxyl groups is 1. The molecule has 0 heterocycles. The van der Waals surface area contributed by atoms with E-state index in [2.05, 4.69) is 10.5 Å². The Balaban J connectivity index is 1.84. The first-order valence-electron chi connectivity index (χ1n) is 9.18. The molecule has 29 heavy (non-hydrogen) atoms. The Kier molecular flexibility index (Phi) is 6.26. The molecule has 0 radical (unpaired) electrons. The lowest BCUT2D eigenvalue weighted by atomic mass is 9.85. The lowest BCUT2D eigenvalue weighted by Crippen LogP contribution is -2.43. The van der Waals surface area contributed by atoms with E-state index in [1.807, 2.05) is 6.92 Å². The summed E-state index contributed by atoms with van der Waals surface area (Å²) in [6.07, 6.45) is 1.30. The maximum Gasteiger partial charge on any atom is 0.281 e. The van der Waals surface area contributed by atoms with Gasteiger partial charge in [-0.3, -0.25) is 4.79 Å². The van der Waals surface area contributed by atoms with Crippen LogP contribution in [0.25, 0.3) is 0 Å². The molecule has 0 atom stereocenters. The van der Waals surface area contributed by atoms with Gasteiger partial charge in [0.15, 0.2) is 5.60 Å². The van der Waals surface area contributed by atoms with Crippen LogP contribution in [-0.2, 0) is 10.4 Å². The van der Waals surface area contributed by atoms with Crippen LogP contribution in [0.3, 0.4) is 0 Å². The highest BCUT2D eigenvalue weighted by Crippen LogP contribution is 2.30. The topological polar surface area (TPSA) is 91.2 Å². The van der Waals surface area contributed by atoms with Crippen LogP contribution in [0.2, 0.25) is 0 Å². The minimum Gasteiger partial charge on any atom is -0.507 e. The Hall–Kier alpha value is -3.64. The predicted molar refractivity (Wildman–Crippen MR) is 111 cm³/mol. The number of ether oxygens (including phenoxy) is 1. The van der Waals surface area contributed by atoms with Crippen LogP contribution < -0.4 is 10.2 Å². The Morgan fingerprint density at radius 2 is 1.62 bits per heavy atom. The van der Waals surface area contributed by atoms with Gasteiger partial charge in [-0.2, -0.15) is 5.10 Å². The van der Waals surface area contributed by atoms with Crippen molar-refractivity contribution in [1.82, 2.24) is 5.43 Å². The number of phenolic OH excluding ortho intramolecular Hbond substituents is 1. The lowest BCUT2D eigenvalue weighted by molar-refractivity contribution is -0.136. The molecule has 3 aromatic carbocycles. The molecular formula is C23H22N2O4. The van der Waals surface area contributed by atoms with Crippen molar-refractivity contribution >= 4 is 12.1 Å². The second-order valence-electron chi connectivity index (χ2n) is 6.30. The molecule has 0 spiro atoms. The van der Waals surface area contributed by atoms with Gasteiger partial charge in [0.05, 0.1) is 12.8 Å². The van der Waals surface area contributed by atoms with E-state index in [9.17, 15) is 15.0 Å². The Bertz CT molecular complexity index is 949. The summed E-state index contributed by atoms with van der Waals surface area (Å²) in [7, 11) is 0. The van der Waals surface area contributed by atoms with Crippen molar-refractivity contribution < 1.29 is 19.7 Å². The molecule has 3 rings (SSSR count). The van der Waals surface area contributed by atoms with E-state index in [1.54, 1.807) is 72.8 Å². The van der Waals surface area contributed by atoms with Gasteiger partial charge < -0.3 is 14.9 Å². The largest absolute Gasteiger partial charge is 0.507 e. The van der Waals surface area contributed by atoms with Crippen LogP contribution in [-0.4, -0.2) is 28.9 Å². The molecule has 0 saturated carbocycles. The van der Waals surface area contributed by atoms with E-state index in [4.69, 9.17) is 4.74 Å². The minimum atomic E-state index is -1.92. The molecule has 6 nitrogen and oxygen atoms in total. The summed E-state index contributed by atoms with van der Waals surface area (Å²) < 4.78 is 5.32. The number of hydrogen-bond donors (Lipinski definition) is 3. The average Bonchev–Trinajstić information content (AvgIpc) is 2.76. The van der Waals surface area contributed by atoms with Gasteiger partial charge in [0.1, 0.15) is 11.5 Å². The summed E-state index contributed by atoms with van der Waals surface area (Å²) in [4.78, 5) is 12.9. The second-order valence-corrected chi connectivity index (χ2v) is 6.30. The highest BCUT2D eigenvalue weighted by Gasteiger charge is 2.39. The van der Waals surface area contributed by atoms with Crippen LogP contribution in [0.4, 0.5) is 0 Å². The number of carbonyl (C=O) groups excluding carboxylic acids is 1. The Morgan fingerprint density at radius 3 is 2.14 bits per heavy atom. The molecule has 3 N–H and O–H groups in total. The third kappa shape index (κ3) is 4.44. The van der Waals surface area contributed by atoms with Crippen molar-refractivity contribution in [3.8, 4) is 11.5 Å². The van der Waals surface area contributed by atoms with Crippen molar-refractivity contribution in [2.24, 2.45) is 5.10 Å². The highest BCUT2D eigenvalue weighted by atomic mass is 16.5. The summed E-state index contributed by atoms with van der Waals surface area (Å²) >= 11 is 0. The standard InChI is InChI=1S/C23H22N2O4/c1-2-29-20-14-13-17(21(26)15-20)16-24-25-22(27)23(28,18-9-5-3-6-10-18)19-11-7-4-8-12-19/h3-16,26,28H,2H2,1H3,(H,25,27)/b24-16-. The van der Waals surface area contributed by atoms with Crippen LogP contribution in [0.15, 0.2) is 84.0 Å². The number of phenols is 1. The van der Waals surface area contributed by atoms with Gasteiger partial charge >= 0.3 is 0 Å². The second kappa shape index (κ2) is 9.03. The summed E-state index contributed by atoms with van der Waals surface area (Å²) in [5.74, 6) is -0.208. The molecule has 0 unspecified atom stereocenters. The predicted octanol–water partition coefficient (Wildman–Crippen LogP) is 3.18. The molecule has 0 aliphatic carbocycles. The number of rotatable bonds is 7. The normalized spacial score (nSPS) is 11.4. The first-order valence-corrected chi connectivity index (χ1v) is 9.18. The Morgan fingerprint density at radius 1 is 1.03 bits per heavy atom. The van der Waals surface area contributed by atoms with Crippen LogP contribution in [0.5, 0.6) is 11.5 Å². The number of nitrogens with one attached hydrogen (secondary N) is 1. The van der Waals surface area contributed by atoms with Gasteiger partial charge in [0.2, 0.25) is 0 Å². The number of aromatic hydroxyl groups is 1. The maximum atomic E-state index is 12.9. The molecule has 0 aliphatic heterocycles. The van der Waals surface area contributed by atoms with Gasteiger partial charge in [0.25, 0.3) is 5.91 Å². The number of amides is 1. The van der Waals surface area contributed by atoms with E-state index in [-0.39, 0.29) is 5.75 Å². The molecule has 0 aromatic heterocycles. The van der Waals surface area contributed by atoms with E-state index >= 15 is 0 Å². The third-order valence-corrected chi connectivity index (χ3v) is 4.39. The van der Waals surface area contributed by atoms with E-state index < -0.39 is 11.5 Å². The van der Waals surface area contributed by atoms with Crippen LogP contribution >= 0.6 is 0 Å². The summed E-state index contributed by atoms with van der Waals surface area (Å²) in [6, 6.07) is 22.1. The maximum absolute atomic E-state index is 12.9. The monoisotopic (exact) mass is 390 g/mol. The van der Waals surface area contributed by atoms with Gasteiger partial charge in [-0.05, 0) is 30.2 Å². The van der Waals surface area contributed by atoms with Gasteiger partial charge in [0, 0.05) is 11.6 Å². The number of hydrazone groups is 1. The first-order chi connectivity index (χ1) is 14.1. The zero-order chi connectivity index (χ0) is 20.7. The quantitative estimate of drug-likeness (QED) is 0.427. The molecule has 6 heteroatoms. The lowest BCUT2D eigenvalue weighted by Gasteiger charge is -2.27. The molecule has 0 fully saturated rings. The number of nitrogens with zero attached hydrogens (tertiary/aromatic N) is 1. The zero-order valence-electron chi connectivity index (χ0n) is 15.9. The molecule has 0 bridgehead atoms. The van der Waals surface area contributed by atoms with E-state index in [1.165, 1.54) is 12.3 Å². The van der Waals surface area contributed by atoms with Gasteiger partial charge in [-0.15, -0.1) is 0 Å². The zero-order valence-corrected chi connectivity index (χ0v) is 15.9. The third-order valence-electron chi connectivity index (χ3n) is 4.39. The number of benzene rings is 3. The van der Waals surface area contributed by atoms with Crippen LogP contribution in [0, 0.1) is 0 Å². The first kappa shape index (κ1) is 20.1. The van der Waals surface area contributed by atoms with Gasteiger partial charge in [-0.1, -0.05) is 60.7 Å². The molecule has 0 saturated heterocycles. The molecule has 3 aromatic rings. The van der Waals surface area contributed by atoms with E-state index in [0.717, 1.165) is 0 Å². The molecule has 1 amide bonds. The van der Waals surface area contributed by atoms with Crippen molar-refractivity contribution in [1.29, 1.82) is 0 Å². The SMILES string of the molecule is CCOc1ccc(/C=N\NC(=O)C(O)(c2ccccc2)c2ccccc2)c(O)c1. The van der Waals surface area contributed by atoms with Crippen LogP contribution in [0.1, 0.15) is 23.6 Å². The highest BCUT2D eigenvalue weighted by molar-refractivity contribution is 5.91. The fourth-order valence-electron chi connectivity index (χ4n) is 2.92. The summed E-state index contributed by atoms with van der Waals surface area (Å²) in [5, 5.41) is 25.3. The minimum absolute atomic E-state index is 0.0321. The molecule has 148 valence electrons. The van der Waals surface area contributed by atoms with Crippen molar-refractivity contribution in [3.05, 3.63) is 95.6 Å². The molecular weight excluding hydrogens is 368 g/mol. The smallest absolute Gasteiger partial charge is 0.281 e. The fourth-order valence-corrected chi connectivity index (χ4v) is 2.92. The Labute approximate surface area is 169 Å². The number of hydrogen-bond acceptors (Lipinski definition) is 5. The average molecular weight is 390 g/mol. The van der Waals surface area contributed by atoms with Crippen molar-refractivity contribution in [2.45, 2.75) is 12.5 Å². The van der Waals surface area contributed by atoms with Crippen molar-refractivity contribution in [2.75, 3.05) is 6.61 Å². The number of carbonyl (C=O) groups is 1. The van der Waals surface area contributed by atoms with Gasteiger partial charge in [-0.25, -0.2) is 5.43 Å². The van der Waals surface area contributed by atoms with Crippen molar-refractivity contribution in [3.63, 3.8) is 0 Å². The summed E-state index contributed by atoms with van der Waals surface area (Å²) in [5.41, 5.74) is 1.70. The molecule has 0 aliphatic rings.